The van der Waals surface area contributed by atoms with Gasteiger partial charge < -0.3 is 0 Å². The Balaban J connectivity index is 2.05. The summed E-state index contributed by atoms with van der Waals surface area (Å²) in [5, 5.41) is 0. The zero-order valence-electron chi connectivity index (χ0n) is 13.6. The van der Waals surface area contributed by atoms with E-state index >= 15 is 0 Å². The van der Waals surface area contributed by atoms with Crippen molar-refractivity contribution in [3.63, 3.8) is 0 Å². The van der Waals surface area contributed by atoms with Crippen molar-refractivity contribution >= 4 is 15.9 Å². The van der Waals surface area contributed by atoms with Crippen LogP contribution >= 0.6 is 0 Å². The highest BCUT2D eigenvalue weighted by Gasteiger charge is 2.52. The second kappa shape index (κ2) is 6.24. The number of amides is 1. The van der Waals surface area contributed by atoms with Gasteiger partial charge in [0, 0.05) is 0 Å². The van der Waals surface area contributed by atoms with Gasteiger partial charge in [-0.1, -0.05) is 60.2 Å². The molecule has 24 heavy (non-hydrogen) atoms. The number of carbonyl (C=O) groups excluding carboxylic acids is 1. The second-order valence-electron chi connectivity index (χ2n) is 5.86. The van der Waals surface area contributed by atoms with E-state index in [0.29, 0.717) is 0 Å². The summed E-state index contributed by atoms with van der Waals surface area (Å²) in [7, 11) is -3.87. The molecule has 0 aromatic heterocycles. The largest absolute Gasteiger partial charge is 0.273 e. The van der Waals surface area contributed by atoms with Crippen molar-refractivity contribution in [3.05, 3.63) is 77.9 Å². The Morgan fingerprint density at radius 3 is 2.21 bits per heavy atom. The summed E-state index contributed by atoms with van der Waals surface area (Å²) in [6, 6.07) is 15.3. The average Bonchev–Trinajstić information content (AvgIpc) is 2.58. The lowest BCUT2D eigenvalue weighted by molar-refractivity contribution is -0.143. The van der Waals surface area contributed by atoms with E-state index in [4.69, 9.17) is 0 Å². The highest BCUT2D eigenvalue weighted by atomic mass is 32.2. The van der Waals surface area contributed by atoms with E-state index in [1.54, 1.807) is 36.4 Å². The molecule has 4 nitrogen and oxygen atoms in total. The lowest BCUT2D eigenvalue weighted by atomic mass is 9.85. The summed E-state index contributed by atoms with van der Waals surface area (Å²) in [6.45, 7) is 3.71. The molecule has 2 atom stereocenters. The number of hydrogen-bond acceptors (Lipinski definition) is 3. The van der Waals surface area contributed by atoms with Gasteiger partial charge in [0.2, 0.25) is 5.91 Å². The maximum Gasteiger partial charge on any atom is 0.267 e. The Labute approximate surface area is 142 Å². The molecule has 2 aromatic rings. The summed E-state index contributed by atoms with van der Waals surface area (Å²) >= 11 is 0. The third-order valence-corrected chi connectivity index (χ3v) is 6.01. The van der Waals surface area contributed by atoms with Crippen LogP contribution in [0.4, 0.5) is 0 Å². The number of carbonyl (C=O) groups is 1. The normalized spacial score (nSPS) is 21.1. The van der Waals surface area contributed by atoms with Crippen LogP contribution in [0.5, 0.6) is 0 Å². The van der Waals surface area contributed by atoms with Crippen molar-refractivity contribution in [3.8, 4) is 0 Å². The predicted octanol–water partition coefficient (Wildman–Crippen LogP) is 3.46. The number of aryl methyl sites for hydroxylation is 1. The average molecular weight is 341 g/mol. The molecule has 0 N–H and O–H groups in total. The standard InChI is InChI=1S/C19H19NO3S/c1-3-7-17-18(15-8-5-4-6-9-15)20(19(17)21)24(22,23)16-12-10-14(2)11-13-16/h3-13,17-18H,1-2H3/b7-3-/t17-,18-/m0/s1. The fraction of sp³-hybridized carbons (Fsp3) is 0.211. The molecule has 0 saturated carbocycles. The number of sulfonamides is 1. The van der Waals surface area contributed by atoms with Crippen LogP contribution in [0.15, 0.2) is 71.6 Å². The minimum Gasteiger partial charge on any atom is -0.273 e. The first kappa shape index (κ1) is 16.5. The molecule has 0 bridgehead atoms. The Bertz CT molecular complexity index is 871. The second-order valence-corrected chi connectivity index (χ2v) is 7.67. The first-order chi connectivity index (χ1) is 11.5. The SMILES string of the molecule is C/C=C\[C@@H]1C(=O)N(S(=O)(=O)c2ccc(C)cc2)[C@H]1c1ccccc1. The Morgan fingerprint density at radius 1 is 1.00 bits per heavy atom. The smallest absolute Gasteiger partial charge is 0.267 e. The topological polar surface area (TPSA) is 54.5 Å². The fourth-order valence-electron chi connectivity index (χ4n) is 2.96. The van der Waals surface area contributed by atoms with Crippen LogP contribution < -0.4 is 0 Å². The molecule has 1 fully saturated rings. The van der Waals surface area contributed by atoms with Crippen LogP contribution in [0.3, 0.4) is 0 Å². The van der Waals surface area contributed by atoms with Crippen molar-refractivity contribution in [1.82, 2.24) is 4.31 Å². The van der Waals surface area contributed by atoms with E-state index in [1.807, 2.05) is 44.2 Å². The van der Waals surface area contributed by atoms with Crippen molar-refractivity contribution in [2.24, 2.45) is 5.92 Å². The number of rotatable bonds is 4. The Hall–Kier alpha value is -2.40. The van der Waals surface area contributed by atoms with Crippen molar-refractivity contribution in [1.29, 1.82) is 0 Å². The van der Waals surface area contributed by atoms with Gasteiger partial charge in [0.25, 0.3) is 10.0 Å². The van der Waals surface area contributed by atoms with Gasteiger partial charge in [-0.2, -0.15) is 0 Å². The number of benzene rings is 2. The van der Waals surface area contributed by atoms with E-state index in [1.165, 1.54) is 0 Å². The molecule has 1 aliphatic rings. The molecule has 5 heteroatoms. The fourth-order valence-corrected chi connectivity index (χ4v) is 4.58. The van der Waals surface area contributed by atoms with Crippen molar-refractivity contribution in [2.45, 2.75) is 24.8 Å². The Morgan fingerprint density at radius 2 is 1.62 bits per heavy atom. The molecular formula is C19H19NO3S. The number of allylic oxidation sites excluding steroid dienone is 1. The summed E-state index contributed by atoms with van der Waals surface area (Å²) < 4.78 is 26.9. The van der Waals surface area contributed by atoms with Gasteiger partial charge in [0.15, 0.2) is 0 Å². The van der Waals surface area contributed by atoms with Crippen LogP contribution in [-0.4, -0.2) is 18.6 Å². The van der Waals surface area contributed by atoms with Gasteiger partial charge in [0.1, 0.15) is 0 Å². The Kier molecular flexibility index (Phi) is 4.28. The third-order valence-electron chi connectivity index (χ3n) is 4.21. The molecule has 1 aliphatic heterocycles. The van der Waals surface area contributed by atoms with E-state index < -0.39 is 22.0 Å². The zero-order chi connectivity index (χ0) is 17.3. The first-order valence-corrected chi connectivity index (χ1v) is 9.23. The lowest BCUT2D eigenvalue weighted by Crippen LogP contribution is -2.56. The summed E-state index contributed by atoms with van der Waals surface area (Å²) in [6.07, 6.45) is 3.55. The van der Waals surface area contributed by atoms with Crippen LogP contribution in [-0.2, 0) is 14.8 Å². The van der Waals surface area contributed by atoms with E-state index in [0.717, 1.165) is 15.4 Å². The minimum atomic E-state index is -3.87. The molecule has 124 valence electrons. The number of nitrogens with zero attached hydrogens (tertiary/aromatic N) is 1. The predicted molar refractivity (Wildman–Crippen MR) is 92.7 cm³/mol. The van der Waals surface area contributed by atoms with Crippen molar-refractivity contribution in [2.75, 3.05) is 0 Å². The van der Waals surface area contributed by atoms with Crippen LogP contribution in [0.25, 0.3) is 0 Å². The highest BCUT2D eigenvalue weighted by molar-refractivity contribution is 7.89. The van der Waals surface area contributed by atoms with Gasteiger partial charge >= 0.3 is 0 Å². The van der Waals surface area contributed by atoms with Crippen LogP contribution in [0.1, 0.15) is 24.1 Å². The molecule has 3 rings (SSSR count). The third kappa shape index (κ3) is 2.65. The molecule has 0 radical (unpaired) electrons. The lowest BCUT2D eigenvalue weighted by Gasteiger charge is -2.45. The molecule has 0 aliphatic carbocycles. The van der Waals surface area contributed by atoms with Gasteiger partial charge in [-0.05, 0) is 31.5 Å². The molecule has 1 amide bonds. The van der Waals surface area contributed by atoms with E-state index in [-0.39, 0.29) is 10.8 Å². The summed E-state index contributed by atoms with van der Waals surface area (Å²) in [4.78, 5) is 12.7. The van der Waals surface area contributed by atoms with Gasteiger partial charge in [-0.3, -0.25) is 4.79 Å². The first-order valence-electron chi connectivity index (χ1n) is 7.79. The highest BCUT2D eigenvalue weighted by Crippen LogP contribution is 2.44. The molecule has 1 heterocycles. The maximum atomic E-state index is 13.0. The maximum absolute atomic E-state index is 13.0. The number of hydrogen-bond donors (Lipinski definition) is 0. The number of β-lactam (4-membered cyclic amide) rings is 1. The summed E-state index contributed by atoms with van der Waals surface area (Å²) in [5.41, 5.74) is 1.78. The zero-order valence-corrected chi connectivity index (χ0v) is 14.4. The molecule has 1 saturated heterocycles. The monoisotopic (exact) mass is 341 g/mol. The van der Waals surface area contributed by atoms with Crippen molar-refractivity contribution < 1.29 is 13.2 Å². The van der Waals surface area contributed by atoms with Gasteiger partial charge in [-0.25, -0.2) is 12.7 Å². The van der Waals surface area contributed by atoms with Gasteiger partial charge in [0.05, 0.1) is 16.9 Å². The molecule has 0 spiro atoms. The molecular weight excluding hydrogens is 322 g/mol. The van der Waals surface area contributed by atoms with Crippen LogP contribution in [0.2, 0.25) is 0 Å². The molecule has 2 aromatic carbocycles. The van der Waals surface area contributed by atoms with E-state index in [9.17, 15) is 13.2 Å². The molecule has 0 unspecified atom stereocenters. The van der Waals surface area contributed by atoms with E-state index in [2.05, 4.69) is 0 Å². The minimum absolute atomic E-state index is 0.140. The summed E-state index contributed by atoms with van der Waals surface area (Å²) in [5.74, 6) is -0.833. The quantitative estimate of drug-likeness (QED) is 0.632. The van der Waals surface area contributed by atoms with Crippen LogP contribution in [0, 0.1) is 12.8 Å². The van der Waals surface area contributed by atoms with Gasteiger partial charge in [-0.15, -0.1) is 0 Å².